The standard InChI is InChI=1S/C18H28N2/c1-17(2)9-5-10-18(14-19,12-11-17)20-13-8-15-6-3-4-7-16(15)20/h3-4,6-7H,5,8-14,19H2,1-2H3. The van der Waals surface area contributed by atoms with E-state index in [0.717, 1.165) is 13.1 Å². The van der Waals surface area contributed by atoms with E-state index < -0.39 is 0 Å². The SMILES string of the molecule is CC1(C)CCCC(CN)(N2CCc3ccccc32)CC1. The number of anilines is 1. The Morgan fingerprint density at radius 3 is 2.70 bits per heavy atom. The lowest BCUT2D eigenvalue weighted by Crippen LogP contribution is -2.53. The second-order valence-electron chi connectivity index (χ2n) is 7.48. The van der Waals surface area contributed by atoms with E-state index in [-0.39, 0.29) is 5.54 Å². The highest BCUT2D eigenvalue weighted by Crippen LogP contribution is 2.44. The van der Waals surface area contributed by atoms with E-state index in [2.05, 4.69) is 43.0 Å². The highest BCUT2D eigenvalue weighted by atomic mass is 15.2. The molecular weight excluding hydrogens is 244 g/mol. The van der Waals surface area contributed by atoms with Crippen molar-refractivity contribution in [2.24, 2.45) is 11.1 Å². The predicted octanol–water partition coefficient (Wildman–Crippen LogP) is 3.74. The van der Waals surface area contributed by atoms with Crippen LogP contribution in [0.4, 0.5) is 5.69 Å². The average Bonchev–Trinajstić information content (AvgIpc) is 2.80. The molecule has 0 bridgehead atoms. The maximum Gasteiger partial charge on any atom is 0.0524 e. The zero-order valence-electron chi connectivity index (χ0n) is 13.0. The van der Waals surface area contributed by atoms with Gasteiger partial charge in [0.1, 0.15) is 0 Å². The Hall–Kier alpha value is -1.02. The molecule has 110 valence electrons. The van der Waals surface area contributed by atoms with Gasteiger partial charge >= 0.3 is 0 Å². The number of fused-ring (bicyclic) bond motifs is 1. The van der Waals surface area contributed by atoms with Crippen LogP contribution in [0.2, 0.25) is 0 Å². The summed E-state index contributed by atoms with van der Waals surface area (Å²) in [5.74, 6) is 0. The lowest BCUT2D eigenvalue weighted by atomic mass is 9.83. The number of hydrogen-bond donors (Lipinski definition) is 1. The van der Waals surface area contributed by atoms with E-state index in [0.29, 0.717) is 5.41 Å². The molecule has 0 spiro atoms. The zero-order valence-corrected chi connectivity index (χ0v) is 13.0. The van der Waals surface area contributed by atoms with E-state index in [9.17, 15) is 0 Å². The third-order valence-corrected chi connectivity index (χ3v) is 5.60. The molecule has 1 heterocycles. The third kappa shape index (κ3) is 2.35. The monoisotopic (exact) mass is 272 g/mol. The Morgan fingerprint density at radius 2 is 1.90 bits per heavy atom. The van der Waals surface area contributed by atoms with Gasteiger partial charge in [0.05, 0.1) is 5.54 Å². The highest BCUT2D eigenvalue weighted by molar-refractivity contribution is 5.60. The fourth-order valence-corrected chi connectivity index (χ4v) is 4.13. The minimum atomic E-state index is 0.195. The van der Waals surface area contributed by atoms with Crippen LogP contribution in [0.3, 0.4) is 0 Å². The summed E-state index contributed by atoms with van der Waals surface area (Å²) in [6.45, 7) is 6.77. The van der Waals surface area contributed by atoms with Crippen LogP contribution in [0, 0.1) is 5.41 Å². The Labute approximate surface area is 123 Å². The molecule has 3 rings (SSSR count). The fraction of sp³-hybridized carbons (Fsp3) is 0.667. The summed E-state index contributed by atoms with van der Waals surface area (Å²) in [6, 6.07) is 8.89. The molecule has 1 saturated carbocycles. The van der Waals surface area contributed by atoms with Gasteiger partial charge in [-0.2, -0.15) is 0 Å². The lowest BCUT2D eigenvalue weighted by molar-refractivity contribution is 0.294. The van der Waals surface area contributed by atoms with Crippen LogP contribution in [0.15, 0.2) is 24.3 Å². The minimum absolute atomic E-state index is 0.195. The molecule has 1 aromatic rings. The van der Waals surface area contributed by atoms with E-state index in [1.54, 1.807) is 0 Å². The van der Waals surface area contributed by atoms with Crippen LogP contribution in [0.5, 0.6) is 0 Å². The van der Waals surface area contributed by atoms with Crippen molar-refractivity contribution in [2.75, 3.05) is 18.0 Å². The van der Waals surface area contributed by atoms with Crippen molar-refractivity contribution in [3.63, 3.8) is 0 Å². The largest absolute Gasteiger partial charge is 0.364 e. The minimum Gasteiger partial charge on any atom is -0.364 e. The maximum absolute atomic E-state index is 6.29. The predicted molar refractivity (Wildman–Crippen MR) is 86.1 cm³/mol. The Morgan fingerprint density at radius 1 is 1.10 bits per heavy atom. The Bertz CT molecular complexity index is 480. The molecule has 2 N–H and O–H groups in total. The number of para-hydroxylation sites is 1. The first-order valence-corrected chi connectivity index (χ1v) is 8.12. The summed E-state index contributed by atoms with van der Waals surface area (Å²) in [5, 5.41) is 0. The molecule has 1 atom stereocenters. The molecule has 0 amide bonds. The van der Waals surface area contributed by atoms with Crippen molar-refractivity contribution in [1.82, 2.24) is 0 Å². The molecule has 0 radical (unpaired) electrons. The molecule has 20 heavy (non-hydrogen) atoms. The summed E-state index contributed by atoms with van der Waals surface area (Å²) in [6.07, 6.45) is 7.61. The van der Waals surface area contributed by atoms with E-state index >= 15 is 0 Å². The molecule has 0 aromatic heterocycles. The number of benzene rings is 1. The molecule has 1 aliphatic carbocycles. The molecule has 1 aliphatic heterocycles. The second-order valence-corrected chi connectivity index (χ2v) is 7.48. The van der Waals surface area contributed by atoms with Crippen LogP contribution >= 0.6 is 0 Å². The lowest BCUT2D eigenvalue weighted by Gasteiger charge is -2.43. The van der Waals surface area contributed by atoms with Gasteiger partial charge in [-0.3, -0.25) is 0 Å². The van der Waals surface area contributed by atoms with Crippen molar-refractivity contribution < 1.29 is 0 Å². The summed E-state index contributed by atoms with van der Waals surface area (Å²) in [7, 11) is 0. The van der Waals surface area contributed by atoms with Gasteiger partial charge in [0.2, 0.25) is 0 Å². The van der Waals surface area contributed by atoms with Gasteiger partial charge in [0, 0.05) is 18.8 Å². The van der Waals surface area contributed by atoms with Gasteiger partial charge in [0.15, 0.2) is 0 Å². The van der Waals surface area contributed by atoms with Crippen molar-refractivity contribution >= 4 is 5.69 Å². The van der Waals surface area contributed by atoms with Gasteiger partial charge in [0.25, 0.3) is 0 Å². The molecular formula is C18H28N2. The summed E-state index contributed by atoms with van der Waals surface area (Å²) < 4.78 is 0. The quantitative estimate of drug-likeness (QED) is 0.831. The van der Waals surface area contributed by atoms with Crippen LogP contribution in [-0.4, -0.2) is 18.6 Å². The Balaban J connectivity index is 1.90. The topological polar surface area (TPSA) is 29.3 Å². The third-order valence-electron chi connectivity index (χ3n) is 5.60. The number of rotatable bonds is 2. The summed E-state index contributed by atoms with van der Waals surface area (Å²) >= 11 is 0. The number of nitrogens with zero attached hydrogens (tertiary/aromatic N) is 1. The summed E-state index contributed by atoms with van der Waals surface area (Å²) in [4.78, 5) is 2.64. The second kappa shape index (κ2) is 5.07. The average molecular weight is 272 g/mol. The van der Waals surface area contributed by atoms with Crippen molar-refractivity contribution in [2.45, 2.75) is 57.9 Å². The van der Waals surface area contributed by atoms with Crippen molar-refractivity contribution in [3.05, 3.63) is 29.8 Å². The van der Waals surface area contributed by atoms with Crippen molar-refractivity contribution in [1.29, 1.82) is 0 Å². The van der Waals surface area contributed by atoms with Gasteiger partial charge in [-0.25, -0.2) is 0 Å². The molecule has 2 nitrogen and oxygen atoms in total. The molecule has 2 heteroatoms. The van der Waals surface area contributed by atoms with Crippen molar-refractivity contribution in [3.8, 4) is 0 Å². The maximum atomic E-state index is 6.29. The normalized spacial score (nSPS) is 29.1. The first-order valence-electron chi connectivity index (χ1n) is 8.12. The fourth-order valence-electron chi connectivity index (χ4n) is 4.13. The van der Waals surface area contributed by atoms with E-state index in [1.165, 1.54) is 49.8 Å². The number of nitrogens with two attached hydrogens (primary N) is 1. The number of hydrogen-bond acceptors (Lipinski definition) is 2. The molecule has 0 saturated heterocycles. The smallest absolute Gasteiger partial charge is 0.0524 e. The first-order chi connectivity index (χ1) is 9.56. The molecule has 1 aromatic carbocycles. The van der Waals surface area contributed by atoms with Crippen LogP contribution in [-0.2, 0) is 6.42 Å². The first kappa shape index (κ1) is 13.9. The van der Waals surface area contributed by atoms with E-state index in [1.807, 2.05) is 0 Å². The van der Waals surface area contributed by atoms with Gasteiger partial charge < -0.3 is 10.6 Å². The molecule has 2 aliphatic rings. The zero-order chi connectivity index (χ0) is 14.2. The molecule has 1 fully saturated rings. The van der Waals surface area contributed by atoms with Crippen LogP contribution in [0.1, 0.15) is 51.5 Å². The van der Waals surface area contributed by atoms with Gasteiger partial charge in [-0.15, -0.1) is 0 Å². The highest BCUT2D eigenvalue weighted by Gasteiger charge is 2.41. The molecule has 1 unspecified atom stereocenters. The van der Waals surface area contributed by atoms with Gasteiger partial charge in [-0.05, 0) is 49.1 Å². The van der Waals surface area contributed by atoms with E-state index in [4.69, 9.17) is 5.73 Å². The van der Waals surface area contributed by atoms with Crippen LogP contribution < -0.4 is 10.6 Å². The Kier molecular flexibility index (Phi) is 3.53. The van der Waals surface area contributed by atoms with Gasteiger partial charge in [-0.1, -0.05) is 38.5 Å². The van der Waals surface area contributed by atoms with Crippen LogP contribution in [0.25, 0.3) is 0 Å². The summed E-state index contributed by atoms with van der Waals surface area (Å²) in [5.41, 5.74) is 9.91.